The maximum atomic E-state index is 13.1. The minimum absolute atomic E-state index is 0.0737. The van der Waals surface area contributed by atoms with E-state index in [4.69, 9.17) is 5.73 Å². The van der Waals surface area contributed by atoms with Gasteiger partial charge >= 0.3 is 0 Å². The topological polar surface area (TPSA) is 26.0 Å². The number of rotatable bonds is 2. The molecule has 0 saturated carbocycles. The van der Waals surface area contributed by atoms with Crippen LogP contribution in [0.2, 0.25) is 0 Å². The second-order valence-electron chi connectivity index (χ2n) is 3.43. The zero-order valence-electron chi connectivity index (χ0n) is 8.00. The third kappa shape index (κ3) is 1.87. The van der Waals surface area contributed by atoms with Gasteiger partial charge < -0.3 is 5.73 Å². The number of hydrogen-bond acceptors (Lipinski definition) is 1. The van der Waals surface area contributed by atoms with E-state index in [1.165, 1.54) is 0 Å². The van der Waals surface area contributed by atoms with Crippen LogP contribution >= 0.6 is 0 Å². The van der Waals surface area contributed by atoms with Crippen LogP contribution < -0.4 is 5.73 Å². The summed E-state index contributed by atoms with van der Waals surface area (Å²) in [7, 11) is 0. The summed E-state index contributed by atoms with van der Waals surface area (Å²) in [4.78, 5) is 0. The molecule has 0 aromatic heterocycles. The molecule has 2 N–H and O–H groups in total. The van der Waals surface area contributed by atoms with Gasteiger partial charge in [0.15, 0.2) is 23.3 Å². The Labute approximate surface area is 86.9 Å². The van der Waals surface area contributed by atoms with Gasteiger partial charge in [0.1, 0.15) is 5.54 Å². The molecule has 1 atom stereocenters. The Balaban J connectivity index is 3.55. The normalized spacial score (nSPS) is 15.3. The number of hydrogen-bond donors (Lipinski definition) is 1. The van der Waals surface area contributed by atoms with Crippen LogP contribution in [0.3, 0.4) is 0 Å². The van der Waals surface area contributed by atoms with Crippen LogP contribution in [0.4, 0.5) is 26.3 Å². The monoisotopic (exact) mass is 243 g/mol. The SMILES string of the molecule is CC(N)(c1c(F)c(F)cc(F)c1F)C(F)F. The summed E-state index contributed by atoms with van der Waals surface area (Å²) in [6.45, 7) is 0.581. The van der Waals surface area contributed by atoms with Gasteiger partial charge in [-0.1, -0.05) is 0 Å². The van der Waals surface area contributed by atoms with Crippen LogP contribution in [0.1, 0.15) is 12.5 Å². The smallest absolute Gasteiger partial charge is 0.260 e. The van der Waals surface area contributed by atoms with Gasteiger partial charge in [-0.05, 0) is 6.92 Å². The molecule has 1 aromatic rings. The van der Waals surface area contributed by atoms with Gasteiger partial charge in [-0.25, -0.2) is 26.3 Å². The molecular formula is C9H7F6N. The van der Waals surface area contributed by atoms with Crippen LogP contribution in [0.25, 0.3) is 0 Å². The molecule has 0 fully saturated rings. The van der Waals surface area contributed by atoms with E-state index in [0.29, 0.717) is 6.92 Å². The van der Waals surface area contributed by atoms with Crippen molar-refractivity contribution >= 4 is 0 Å². The average Bonchev–Trinajstić information content (AvgIpc) is 2.14. The van der Waals surface area contributed by atoms with E-state index in [1.807, 2.05) is 0 Å². The van der Waals surface area contributed by atoms with Crippen molar-refractivity contribution in [2.45, 2.75) is 18.9 Å². The Morgan fingerprint density at radius 3 is 1.75 bits per heavy atom. The second-order valence-corrected chi connectivity index (χ2v) is 3.43. The Bertz CT molecular complexity index is 389. The third-order valence-electron chi connectivity index (χ3n) is 2.10. The van der Waals surface area contributed by atoms with Crippen LogP contribution in [0, 0.1) is 23.3 Å². The Kier molecular flexibility index (Phi) is 3.18. The van der Waals surface area contributed by atoms with E-state index in [-0.39, 0.29) is 6.07 Å². The maximum Gasteiger partial charge on any atom is 0.260 e. The van der Waals surface area contributed by atoms with Crippen LogP contribution in [-0.2, 0) is 5.54 Å². The molecule has 1 rings (SSSR count). The molecular weight excluding hydrogens is 236 g/mol. The predicted octanol–water partition coefficient (Wildman–Crippen LogP) is 2.68. The van der Waals surface area contributed by atoms with Crippen molar-refractivity contribution in [3.63, 3.8) is 0 Å². The van der Waals surface area contributed by atoms with E-state index in [9.17, 15) is 26.3 Å². The van der Waals surface area contributed by atoms with Gasteiger partial charge in [0.2, 0.25) is 0 Å². The first-order chi connectivity index (χ1) is 7.19. The molecule has 0 bridgehead atoms. The van der Waals surface area contributed by atoms with Crippen molar-refractivity contribution in [1.29, 1.82) is 0 Å². The number of halogens is 6. The van der Waals surface area contributed by atoms with Gasteiger partial charge in [0.25, 0.3) is 6.43 Å². The maximum absolute atomic E-state index is 13.1. The largest absolute Gasteiger partial charge is 0.317 e. The summed E-state index contributed by atoms with van der Waals surface area (Å²) >= 11 is 0. The molecule has 0 spiro atoms. The summed E-state index contributed by atoms with van der Waals surface area (Å²) in [5.74, 6) is -7.37. The summed E-state index contributed by atoms with van der Waals surface area (Å²) in [5.41, 5.74) is 0.649. The third-order valence-corrected chi connectivity index (χ3v) is 2.10. The molecule has 16 heavy (non-hydrogen) atoms. The fraction of sp³-hybridized carbons (Fsp3) is 0.333. The molecule has 0 radical (unpaired) electrons. The number of benzene rings is 1. The van der Waals surface area contributed by atoms with Gasteiger partial charge in [-0.3, -0.25) is 0 Å². The van der Waals surface area contributed by atoms with Gasteiger partial charge in [-0.2, -0.15) is 0 Å². The zero-order valence-corrected chi connectivity index (χ0v) is 8.00. The molecule has 1 aromatic carbocycles. The van der Waals surface area contributed by atoms with Crippen molar-refractivity contribution < 1.29 is 26.3 Å². The first kappa shape index (κ1) is 12.8. The Morgan fingerprint density at radius 2 is 1.44 bits per heavy atom. The van der Waals surface area contributed by atoms with Gasteiger partial charge in [0, 0.05) is 6.07 Å². The lowest BCUT2D eigenvalue weighted by Gasteiger charge is -2.25. The highest BCUT2D eigenvalue weighted by Gasteiger charge is 2.39. The first-order valence-electron chi connectivity index (χ1n) is 4.10. The molecule has 1 nitrogen and oxygen atoms in total. The molecule has 1 unspecified atom stereocenters. The quantitative estimate of drug-likeness (QED) is 0.627. The molecule has 0 aliphatic carbocycles. The Hall–Kier alpha value is -1.24. The molecule has 0 amide bonds. The molecule has 7 heteroatoms. The van der Waals surface area contributed by atoms with Crippen molar-refractivity contribution in [3.8, 4) is 0 Å². The number of nitrogens with two attached hydrogens (primary N) is 1. The minimum atomic E-state index is -3.38. The lowest BCUT2D eigenvalue weighted by Crippen LogP contribution is -2.42. The lowest BCUT2D eigenvalue weighted by atomic mass is 9.92. The van der Waals surface area contributed by atoms with Crippen molar-refractivity contribution in [1.82, 2.24) is 0 Å². The summed E-state index contributed by atoms with van der Waals surface area (Å²) in [5, 5.41) is 0. The molecule has 90 valence electrons. The summed E-state index contributed by atoms with van der Waals surface area (Å²) < 4.78 is 76.5. The molecule has 0 heterocycles. The fourth-order valence-corrected chi connectivity index (χ4v) is 1.16. The van der Waals surface area contributed by atoms with Crippen molar-refractivity contribution in [2.24, 2.45) is 5.73 Å². The highest BCUT2D eigenvalue weighted by molar-refractivity contribution is 5.29. The van der Waals surface area contributed by atoms with E-state index in [2.05, 4.69) is 0 Å². The molecule has 0 aliphatic heterocycles. The minimum Gasteiger partial charge on any atom is -0.317 e. The second kappa shape index (κ2) is 3.97. The predicted molar refractivity (Wildman–Crippen MR) is 43.8 cm³/mol. The van der Waals surface area contributed by atoms with E-state index >= 15 is 0 Å². The standard InChI is InChI=1S/C9H7F6N/c1-9(16,8(14)15)5-6(12)3(10)2-4(11)7(5)13/h2,8H,16H2,1H3. The summed E-state index contributed by atoms with van der Waals surface area (Å²) in [6, 6.07) is -0.0737. The van der Waals surface area contributed by atoms with Gasteiger partial charge in [0.05, 0.1) is 5.56 Å². The Morgan fingerprint density at radius 1 is 1.06 bits per heavy atom. The van der Waals surface area contributed by atoms with Crippen LogP contribution in [0.15, 0.2) is 6.07 Å². The fourth-order valence-electron chi connectivity index (χ4n) is 1.16. The highest BCUT2D eigenvalue weighted by atomic mass is 19.3. The van der Waals surface area contributed by atoms with E-state index in [0.717, 1.165) is 0 Å². The average molecular weight is 243 g/mol. The van der Waals surface area contributed by atoms with Crippen molar-refractivity contribution in [3.05, 3.63) is 34.9 Å². The number of alkyl halides is 2. The summed E-state index contributed by atoms with van der Waals surface area (Å²) in [6.07, 6.45) is -3.38. The first-order valence-corrected chi connectivity index (χ1v) is 4.10. The zero-order chi connectivity index (χ0) is 12.7. The molecule has 0 aliphatic rings. The van der Waals surface area contributed by atoms with Gasteiger partial charge in [-0.15, -0.1) is 0 Å². The van der Waals surface area contributed by atoms with Crippen molar-refractivity contribution in [2.75, 3.05) is 0 Å². The van der Waals surface area contributed by atoms with E-state index < -0.39 is 40.8 Å². The molecule has 0 saturated heterocycles. The van der Waals surface area contributed by atoms with Crippen LogP contribution in [-0.4, -0.2) is 6.43 Å². The van der Waals surface area contributed by atoms with Crippen LogP contribution in [0.5, 0.6) is 0 Å². The van der Waals surface area contributed by atoms with E-state index in [1.54, 1.807) is 0 Å². The highest BCUT2D eigenvalue weighted by Crippen LogP contribution is 2.31. The lowest BCUT2D eigenvalue weighted by molar-refractivity contribution is 0.0573.